The lowest BCUT2D eigenvalue weighted by Crippen LogP contribution is -2.14. The standard InChI is InChI=1S/C15H15NO4S/c1-9-8-21-13(15(18)20-3)12(9)16-14(17)10-5-4-6-11(7-10)19-2/h4-8H,1-3H3,(H,16,17). The van der Waals surface area contributed by atoms with Gasteiger partial charge in [-0.3, -0.25) is 4.79 Å². The first-order valence-electron chi connectivity index (χ1n) is 6.18. The molecule has 0 aliphatic heterocycles. The maximum atomic E-state index is 12.3. The van der Waals surface area contributed by atoms with E-state index < -0.39 is 5.97 Å². The van der Waals surface area contributed by atoms with Gasteiger partial charge in [0.15, 0.2) is 0 Å². The van der Waals surface area contributed by atoms with Gasteiger partial charge in [0.2, 0.25) is 0 Å². The lowest BCUT2D eigenvalue weighted by Gasteiger charge is -2.08. The number of thiophene rings is 1. The van der Waals surface area contributed by atoms with Crippen molar-refractivity contribution in [1.82, 2.24) is 0 Å². The summed E-state index contributed by atoms with van der Waals surface area (Å²) in [5, 5.41) is 4.56. The Labute approximate surface area is 126 Å². The number of hydrogen-bond acceptors (Lipinski definition) is 5. The molecule has 0 radical (unpaired) electrons. The van der Waals surface area contributed by atoms with Crippen molar-refractivity contribution in [3.8, 4) is 5.75 Å². The average Bonchev–Trinajstić information content (AvgIpc) is 2.87. The summed E-state index contributed by atoms with van der Waals surface area (Å²) < 4.78 is 9.81. The molecule has 0 aliphatic rings. The van der Waals surface area contributed by atoms with E-state index in [0.717, 1.165) is 5.56 Å². The molecule has 2 rings (SSSR count). The van der Waals surface area contributed by atoms with Crippen LogP contribution in [-0.4, -0.2) is 26.1 Å². The zero-order chi connectivity index (χ0) is 15.4. The Hall–Kier alpha value is -2.34. The molecule has 0 fully saturated rings. The Morgan fingerprint density at radius 1 is 1.24 bits per heavy atom. The predicted molar refractivity (Wildman–Crippen MR) is 81.3 cm³/mol. The third-order valence-electron chi connectivity index (χ3n) is 2.92. The van der Waals surface area contributed by atoms with E-state index in [-0.39, 0.29) is 5.91 Å². The number of hydrogen-bond donors (Lipinski definition) is 1. The number of esters is 1. The molecule has 1 N–H and O–H groups in total. The second-order valence-electron chi connectivity index (χ2n) is 4.30. The van der Waals surface area contributed by atoms with Crippen molar-refractivity contribution >= 4 is 28.9 Å². The van der Waals surface area contributed by atoms with Gasteiger partial charge in [0.1, 0.15) is 10.6 Å². The number of nitrogens with one attached hydrogen (secondary N) is 1. The van der Waals surface area contributed by atoms with Gasteiger partial charge >= 0.3 is 5.97 Å². The first kappa shape index (κ1) is 15.1. The maximum absolute atomic E-state index is 12.3. The highest BCUT2D eigenvalue weighted by Gasteiger charge is 2.19. The lowest BCUT2D eigenvalue weighted by atomic mass is 10.2. The number of amides is 1. The van der Waals surface area contributed by atoms with Crippen molar-refractivity contribution in [1.29, 1.82) is 0 Å². The number of anilines is 1. The number of aryl methyl sites for hydroxylation is 1. The Kier molecular flexibility index (Phi) is 4.59. The van der Waals surface area contributed by atoms with Crippen LogP contribution in [0.3, 0.4) is 0 Å². The van der Waals surface area contributed by atoms with Gasteiger partial charge in [0.05, 0.1) is 19.9 Å². The monoisotopic (exact) mass is 305 g/mol. The van der Waals surface area contributed by atoms with Gasteiger partial charge in [-0.1, -0.05) is 6.07 Å². The Bertz CT molecular complexity index is 678. The summed E-state index contributed by atoms with van der Waals surface area (Å²) in [7, 11) is 2.85. The van der Waals surface area contributed by atoms with Crippen LogP contribution < -0.4 is 10.1 Å². The summed E-state index contributed by atoms with van der Waals surface area (Å²) in [6, 6.07) is 6.80. The second-order valence-corrected chi connectivity index (χ2v) is 5.18. The molecule has 5 nitrogen and oxygen atoms in total. The predicted octanol–water partition coefficient (Wildman–Crippen LogP) is 3.10. The fourth-order valence-electron chi connectivity index (χ4n) is 1.79. The van der Waals surface area contributed by atoms with E-state index in [1.54, 1.807) is 29.6 Å². The lowest BCUT2D eigenvalue weighted by molar-refractivity contribution is 0.0607. The normalized spacial score (nSPS) is 10.0. The minimum atomic E-state index is -0.464. The molecule has 1 aromatic carbocycles. The van der Waals surface area contributed by atoms with Gasteiger partial charge in [0, 0.05) is 5.56 Å². The Morgan fingerprint density at radius 3 is 2.67 bits per heavy atom. The molecule has 110 valence electrons. The van der Waals surface area contributed by atoms with Crippen molar-refractivity contribution < 1.29 is 19.1 Å². The molecule has 1 amide bonds. The summed E-state index contributed by atoms with van der Waals surface area (Å²) in [6.45, 7) is 1.82. The molecule has 0 atom stereocenters. The average molecular weight is 305 g/mol. The molecule has 2 aromatic rings. The first-order valence-corrected chi connectivity index (χ1v) is 7.06. The zero-order valence-corrected chi connectivity index (χ0v) is 12.7. The largest absolute Gasteiger partial charge is 0.497 e. The van der Waals surface area contributed by atoms with Gasteiger partial charge in [-0.15, -0.1) is 11.3 Å². The highest BCUT2D eigenvalue weighted by atomic mass is 32.1. The molecule has 0 spiro atoms. The number of ether oxygens (including phenoxy) is 2. The Balaban J connectivity index is 2.27. The van der Waals surface area contributed by atoms with Crippen LogP contribution in [0, 0.1) is 6.92 Å². The number of benzene rings is 1. The number of rotatable bonds is 4. The van der Waals surface area contributed by atoms with E-state index in [4.69, 9.17) is 9.47 Å². The molecule has 1 aromatic heterocycles. The number of methoxy groups -OCH3 is 2. The SMILES string of the molecule is COC(=O)c1scc(C)c1NC(=O)c1cccc(OC)c1. The van der Waals surface area contributed by atoms with E-state index in [2.05, 4.69) is 5.32 Å². The molecule has 21 heavy (non-hydrogen) atoms. The summed E-state index contributed by atoms with van der Waals surface area (Å²) >= 11 is 1.24. The van der Waals surface area contributed by atoms with Crippen molar-refractivity contribution in [2.24, 2.45) is 0 Å². The minimum absolute atomic E-state index is 0.305. The van der Waals surface area contributed by atoms with Crippen LogP contribution in [0.2, 0.25) is 0 Å². The zero-order valence-electron chi connectivity index (χ0n) is 11.9. The van der Waals surface area contributed by atoms with Crippen LogP contribution in [0.4, 0.5) is 5.69 Å². The molecule has 0 aliphatic carbocycles. The quantitative estimate of drug-likeness (QED) is 0.882. The fraction of sp³-hybridized carbons (Fsp3) is 0.200. The van der Waals surface area contributed by atoms with Gasteiger partial charge < -0.3 is 14.8 Å². The molecule has 0 saturated heterocycles. The van der Waals surface area contributed by atoms with Crippen LogP contribution in [0.15, 0.2) is 29.6 Å². The molecule has 0 unspecified atom stereocenters. The van der Waals surface area contributed by atoms with Gasteiger partial charge in [-0.2, -0.15) is 0 Å². The van der Waals surface area contributed by atoms with Gasteiger partial charge in [-0.25, -0.2) is 4.79 Å². The topological polar surface area (TPSA) is 64.6 Å². The molecule has 1 heterocycles. The number of carbonyl (C=O) groups is 2. The molecule has 6 heteroatoms. The van der Waals surface area contributed by atoms with Crippen LogP contribution >= 0.6 is 11.3 Å². The van der Waals surface area contributed by atoms with Crippen molar-refractivity contribution in [2.75, 3.05) is 19.5 Å². The summed E-state index contributed by atoms with van der Waals surface area (Å²) in [5.41, 5.74) is 1.76. The van der Waals surface area contributed by atoms with Gasteiger partial charge in [-0.05, 0) is 36.1 Å². The smallest absolute Gasteiger partial charge is 0.350 e. The second kappa shape index (κ2) is 6.41. The van der Waals surface area contributed by atoms with Crippen molar-refractivity contribution in [2.45, 2.75) is 6.92 Å². The van der Waals surface area contributed by atoms with Crippen molar-refractivity contribution in [3.63, 3.8) is 0 Å². The Morgan fingerprint density at radius 2 is 2.00 bits per heavy atom. The van der Waals surface area contributed by atoms with Crippen LogP contribution in [0.1, 0.15) is 25.6 Å². The minimum Gasteiger partial charge on any atom is -0.497 e. The summed E-state index contributed by atoms with van der Waals surface area (Å²) in [4.78, 5) is 24.3. The molecule has 0 saturated carbocycles. The van der Waals surface area contributed by atoms with Crippen LogP contribution in [-0.2, 0) is 4.74 Å². The van der Waals surface area contributed by atoms with Crippen molar-refractivity contribution in [3.05, 3.63) is 45.6 Å². The van der Waals surface area contributed by atoms with E-state index in [0.29, 0.717) is 21.9 Å². The van der Waals surface area contributed by atoms with E-state index in [1.807, 2.05) is 6.92 Å². The molecule has 0 bridgehead atoms. The van der Waals surface area contributed by atoms with E-state index in [1.165, 1.54) is 25.6 Å². The summed E-state index contributed by atoms with van der Waals surface area (Å²) in [6.07, 6.45) is 0. The van der Waals surface area contributed by atoms with Gasteiger partial charge in [0.25, 0.3) is 5.91 Å². The highest BCUT2D eigenvalue weighted by Crippen LogP contribution is 2.29. The molecular weight excluding hydrogens is 290 g/mol. The maximum Gasteiger partial charge on any atom is 0.350 e. The van der Waals surface area contributed by atoms with Crippen LogP contribution in [0.5, 0.6) is 5.75 Å². The van der Waals surface area contributed by atoms with Crippen LogP contribution in [0.25, 0.3) is 0 Å². The summed E-state index contributed by atoms with van der Waals surface area (Å²) in [5.74, 6) is -0.174. The third kappa shape index (κ3) is 3.22. The number of carbonyl (C=O) groups excluding carboxylic acids is 2. The molecular formula is C15H15NO4S. The van der Waals surface area contributed by atoms with E-state index >= 15 is 0 Å². The first-order chi connectivity index (χ1) is 10.1. The highest BCUT2D eigenvalue weighted by molar-refractivity contribution is 7.12. The van der Waals surface area contributed by atoms with E-state index in [9.17, 15) is 9.59 Å². The fourth-order valence-corrected chi connectivity index (χ4v) is 2.71. The third-order valence-corrected chi connectivity index (χ3v) is 3.99.